The lowest BCUT2D eigenvalue weighted by atomic mass is 9.99. The number of ether oxygens (including phenoxy) is 1. The van der Waals surface area contributed by atoms with Gasteiger partial charge in [-0.25, -0.2) is 14.2 Å². The largest absolute Gasteiger partial charge is 0.493 e. The van der Waals surface area contributed by atoms with Gasteiger partial charge in [0.1, 0.15) is 17.4 Å². The van der Waals surface area contributed by atoms with E-state index in [2.05, 4.69) is 9.88 Å². The van der Waals surface area contributed by atoms with E-state index in [-0.39, 0.29) is 11.5 Å². The van der Waals surface area contributed by atoms with Crippen LogP contribution in [-0.4, -0.2) is 35.8 Å². The molecule has 0 spiro atoms. The number of carbonyl (C=O) groups is 1. The summed E-state index contributed by atoms with van der Waals surface area (Å²) in [5, 5.41) is 9.06. The summed E-state index contributed by atoms with van der Waals surface area (Å²) in [7, 11) is 0. The maximum Gasteiger partial charge on any atom is 0.354 e. The number of piperidine rings is 1. The number of aromatic carboxylic acids is 1. The van der Waals surface area contributed by atoms with Gasteiger partial charge in [0.15, 0.2) is 5.69 Å². The molecule has 0 saturated carbocycles. The molecule has 2 aromatic rings. The van der Waals surface area contributed by atoms with E-state index in [0.29, 0.717) is 24.1 Å². The average molecular weight is 330 g/mol. The smallest absolute Gasteiger partial charge is 0.354 e. The maximum absolute atomic E-state index is 12.9. The van der Waals surface area contributed by atoms with Crippen molar-refractivity contribution < 1.29 is 19.0 Å². The van der Waals surface area contributed by atoms with Crippen molar-refractivity contribution in [3.63, 3.8) is 0 Å². The Kier molecular flexibility index (Phi) is 4.93. The number of hydrogen-bond acceptors (Lipinski definition) is 4. The molecule has 1 fully saturated rings. The average Bonchev–Trinajstić information content (AvgIpc) is 2.61. The van der Waals surface area contributed by atoms with Crippen molar-refractivity contribution >= 4 is 11.8 Å². The number of benzene rings is 1. The molecule has 5 nitrogen and oxygen atoms in total. The molecule has 0 unspecified atom stereocenters. The highest BCUT2D eigenvalue weighted by Crippen LogP contribution is 2.23. The normalized spacial score (nSPS) is 17.5. The molecule has 2 heterocycles. The number of carboxylic acid groups (broad SMARTS) is 1. The summed E-state index contributed by atoms with van der Waals surface area (Å²) in [6, 6.07) is 11.0. The third-order valence-electron chi connectivity index (χ3n) is 4.10. The van der Waals surface area contributed by atoms with Crippen LogP contribution in [0.2, 0.25) is 0 Å². The van der Waals surface area contributed by atoms with E-state index in [0.717, 1.165) is 25.9 Å². The summed E-state index contributed by atoms with van der Waals surface area (Å²) < 4.78 is 18.6. The lowest BCUT2D eigenvalue weighted by molar-refractivity contribution is 0.0690. The zero-order valence-electron chi connectivity index (χ0n) is 13.2. The SMILES string of the molecule is O=C(O)c1cccc(N2CCC[C@H](COc3ccc(F)cc3)C2)n1. The molecule has 0 bridgehead atoms. The molecule has 1 aliphatic rings. The highest BCUT2D eigenvalue weighted by molar-refractivity contribution is 5.85. The van der Waals surface area contributed by atoms with Crippen LogP contribution in [0.25, 0.3) is 0 Å². The monoisotopic (exact) mass is 330 g/mol. The van der Waals surface area contributed by atoms with E-state index in [4.69, 9.17) is 9.84 Å². The number of aromatic nitrogens is 1. The van der Waals surface area contributed by atoms with Gasteiger partial charge in [0, 0.05) is 19.0 Å². The Labute approximate surface area is 139 Å². The van der Waals surface area contributed by atoms with Crippen LogP contribution >= 0.6 is 0 Å². The molecule has 126 valence electrons. The van der Waals surface area contributed by atoms with Crippen molar-refractivity contribution in [2.24, 2.45) is 5.92 Å². The Morgan fingerprint density at radius 1 is 1.29 bits per heavy atom. The fourth-order valence-electron chi connectivity index (χ4n) is 2.87. The van der Waals surface area contributed by atoms with E-state index in [9.17, 15) is 9.18 Å². The van der Waals surface area contributed by atoms with Crippen LogP contribution in [0.1, 0.15) is 23.3 Å². The van der Waals surface area contributed by atoms with Crippen molar-refractivity contribution in [3.8, 4) is 5.75 Å². The summed E-state index contributed by atoms with van der Waals surface area (Å²) >= 11 is 0. The Balaban J connectivity index is 1.60. The van der Waals surface area contributed by atoms with Crippen molar-refractivity contribution in [2.75, 3.05) is 24.6 Å². The van der Waals surface area contributed by atoms with E-state index >= 15 is 0 Å². The molecule has 0 aliphatic carbocycles. The van der Waals surface area contributed by atoms with Gasteiger partial charge in [-0.1, -0.05) is 6.07 Å². The van der Waals surface area contributed by atoms with Crippen LogP contribution in [-0.2, 0) is 0 Å². The van der Waals surface area contributed by atoms with E-state index < -0.39 is 5.97 Å². The molecular weight excluding hydrogens is 311 g/mol. The van der Waals surface area contributed by atoms with Gasteiger partial charge in [0.05, 0.1) is 6.61 Å². The molecule has 1 atom stereocenters. The minimum absolute atomic E-state index is 0.0529. The van der Waals surface area contributed by atoms with Gasteiger partial charge < -0.3 is 14.7 Å². The molecule has 1 aromatic heterocycles. The number of anilines is 1. The highest BCUT2D eigenvalue weighted by Gasteiger charge is 2.22. The zero-order chi connectivity index (χ0) is 16.9. The summed E-state index contributed by atoms with van der Waals surface area (Å²) in [6.45, 7) is 2.15. The first kappa shape index (κ1) is 16.2. The van der Waals surface area contributed by atoms with Gasteiger partial charge in [-0.2, -0.15) is 0 Å². The minimum atomic E-state index is -1.02. The number of pyridine rings is 1. The quantitative estimate of drug-likeness (QED) is 0.912. The van der Waals surface area contributed by atoms with Crippen LogP contribution < -0.4 is 9.64 Å². The standard InChI is InChI=1S/C18H19FN2O3/c19-14-6-8-15(9-7-14)24-12-13-3-2-10-21(11-13)17-5-1-4-16(20-17)18(22)23/h1,4-9,13H,2-3,10-12H2,(H,22,23)/t13-/m0/s1. The second kappa shape index (κ2) is 7.29. The molecule has 0 amide bonds. The summed E-state index contributed by atoms with van der Waals surface area (Å²) in [6.07, 6.45) is 2.03. The Bertz CT molecular complexity index is 706. The predicted octanol–water partition coefficient (Wildman–Crippen LogP) is 3.21. The first-order valence-corrected chi connectivity index (χ1v) is 7.95. The van der Waals surface area contributed by atoms with Gasteiger partial charge in [-0.05, 0) is 49.2 Å². The second-order valence-corrected chi connectivity index (χ2v) is 5.91. The van der Waals surface area contributed by atoms with E-state index in [1.54, 1.807) is 18.2 Å². The topological polar surface area (TPSA) is 62.7 Å². The molecule has 0 radical (unpaired) electrons. The Morgan fingerprint density at radius 3 is 2.83 bits per heavy atom. The fourth-order valence-corrected chi connectivity index (χ4v) is 2.87. The third kappa shape index (κ3) is 4.01. The second-order valence-electron chi connectivity index (χ2n) is 5.91. The third-order valence-corrected chi connectivity index (χ3v) is 4.10. The van der Waals surface area contributed by atoms with Crippen LogP contribution in [0.4, 0.5) is 10.2 Å². The van der Waals surface area contributed by atoms with E-state index in [1.165, 1.54) is 18.2 Å². The Hall–Kier alpha value is -2.63. The summed E-state index contributed by atoms with van der Waals surface area (Å²) in [5.74, 6) is 0.348. The summed E-state index contributed by atoms with van der Waals surface area (Å²) in [4.78, 5) is 17.4. The molecule has 1 aromatic carbocycles. The maximum atomic E-state index is 12.9. The Morgan fingerprint density at radius 2 is 2.08 bits per heavy atom. The first-order valence-electron chi connectivity index (χ1n) is 7.95. The van der Waals surface area contributed by atoms with Gasteiger partial charge in [-0.3, -0.25) is 0 Å². The van der Waals surface area contributed by atoms with E-state index in [1.807, 2.05) is 6.07 Å². The van der Waals surface area contributed by atoms with Crippen LogP contribution in [0.5, 0.6) is 5.75 Å². The molecule has 1 aliphatic heterocycles. The number of nitrogens with zero attached hydrogens (tertiary/aromatic N) is 2. The lowest BCUT2D eigenvalue weighted by Gasteiger charge is -2.33. The fraction of sp³-hybridized carbons (Fsp3) is 0.333. The van der Waals surface area contributed by atoms with Crippen LogP contribution in [0, 0.1) is 11.7 Å². The molecular formula is C18H19FN2O3. The van der Waals surface area contributed by atoms with Gasteiger partial charge in [-0.15, -0.1) is 0 Å². The van der Waals surface area contributed by atoms with Crippen molar-refractivity contribution in [3.05, 3.63) is 54.0 Å². The van der Waals surface area contributed by atoms with Crippen molar-refractivity contribution in [2.45, 2.75) is 12.8 Å². The molecule has 24 heavy (non-hydrogen) atoms. The number of carboxylic acids is 1. The molecule has 1 saturated heterocycles. The zero-order valence-corrected chi connectivity index (χ0v) is 13.2. The van der Waals surface area contributed by atoms with Gasteiger partial charge >= 0.3 is 5.97 Å². The molecule has 6 heteroatoms. The predicted molar refractivity (Wildman–Crippen MR) is 88.0 cm³/mol. The molecule has 1 N–H and O–H groups in total. The number of hydrogen-bond donors (Lipinski definition) is 1. The molecule has 3 rings (SSSR count). The van der Waals surface area contributed by atoms with Crippen molar-refractivity contribution in [1.82, 2.24) is 4.98 Å². The van der Waals surface area contributed by atoms with Crippen molar-refractivity contribution in [1.29, 1.82) is 0 Å². The number of halogens is 1. The van der Waals surface area contributed by atoms with Crippen LogP contribution in [0.3, 0.4) is 0 Å². The minimum Gasteiger partial charge on any atom is -0.493 e. The van der Waals surface area contributed by atoms with Crippen LogP contribution in [0.15, 0.2) is 42.5 Å². The summed E-state index contributed by atoms with van der Waals surface area (Å²) in [5.41, 5.74) is 0.0529. The lowest BCUT2D eigenvalue weighted by Crippen LogP contribution is -2.38. The van der Waals surface area contributed by atoms with Gasteiger partial charge in [0.25, 0.3) is 0 Å². The number of rotatable bonds is 5. The highest BCUT2D eigenvalue weighted by atomic mass is 19.1. The first-order chi connectivity index (χ1) is 11.6. The van der Waals surface area contributed by atoms with Gasteiger partial charge in [0.2, 0.25) is 0 Å².